The number of nitrogens with zero attached hydrogens (tertiary/aromatic N) is 3. The maximum absolute atomic E-state index is 10.6. The Morgan fingerprint density at radius 2 is 1.83 bits per heavy atom. The van der Waals surface area contributed by atoms with E-state index in [0.717, 1.165) is 65.7 Å². The molecule has 5 rings (SSSR count). The van der Waals surface area contributed by atoms with Gasteiger partial charge in [-0.3, -0.25) is 4.90 Å². The van der Waals surface area contributed by atoms with E-state index >= 15 is 0 Å². The normalized spacial score (nSPS) is 16.1. The molecule has 3 aromatic rings. The van der Waals surface area contributed by atoms with Gasteiger partial charge in [-0.2, -0.15) is 0 Å². The van der Waals surface area contributed by atoms with E-state index in [4.69, 9.17) is 18.7 Å². The van der Waals surface area contributed by atoms with Crippen molar-refractivity contribution in [2.45, 2.75) is 38.5 Å². The van der Waals surface area contributed by atoms with Crippen molar-refractivity contribution in [2.75, 3.05) is 45.0 Å². The molecule has 0 spiro atoms. The van der Waals surface area contributed by atoms with Crippen LogP contribution in [-0.4, -0.2) is 61.4 Å². The van der Waals surface area contributed by atoms with Crippen molar-refractivity contribution in [3.8, 4) is 22.8 Å². The number of rotatable bonds is 10. The molecule has 8 nitrogen and oxygen atoms in total. The molecule has 0 radical (unpaired) electrons. The van der Waals surface area contributed by atoms with Crippen LogP contribution >= 0.6 is 0 Å². The van der Waals surface area contributed by atoms with Crippen molar-refractivity contribution >= 4 is 5.88 Å². The van der Waals surface area contributed by atoms with Crippen molar-refractivity contribution < 1.29 is 23.8 Å². The van der Waals surface area contributed by atoms with Crippen LogP contribution in [0.4, 0.5) is 5.88 Å². The lowest BCUT2D eigenvalue weighted by Crippen LogP contribution is -2.35. The molecule has 35 heavy (non-hydrogen) atoms. The summed E-state index contributed by atoms with van der Waals surface area (Å²) in [7, 11) is 1.60. The van der Waals surface area contributed by atoms with Gasteiger partial charge in [0.25, 0.3) is 0 Å². The summed E-state index contributed by atoms with van der Waals surface area (Å²) in [6.07, 6.45) is 2.92. The smallest absolute Gasteiger partial charge is 0.232 e. The van der Waals surface area contributed by atoms with Gasteiger partial charge in [0.2, 0.25) is 12.7 Å². The lowest BCUT2D eigenvalue weighted by molar-refractivity contribution is 0.0338. The molecule has 2 aromatic carbocycles. The molecule has 3 heterocycles. The molecule has 0 aliphatic carbocycles. The van der Waals surface area contributed by atoms with Crippen LogP contribution < -0.4 is 14.4 Å². The highest BCUT2D eigenvalue weighted by Gasteiger charge is 2.26. The minimum Gasteiger partial charge on any atom is -0.454 e. The van der Waals surface area contributed by atoms with Gasteiger partial charge in [0, 0.05) is 45.4 Å². The summed E-state index contributed by atoms with van der Waals surface area (Å²) in [5.74, 6) is 2.35. The number of aliphatic hydroxyl groups is 1. The van der Waals surface area contributed by atoms with Crippen LogP contribution in [0.3, 0.4) is 0 Å². The van der Waals surface area contributed by atoms with Gasteiger partial charge in [0.1, 0.15) is 5.69 Å². The van der Waals surface area contributed by atoms with Gasteiger partial charge in [0.05, 0.1) is 18.3 Å². The molecular formula is C27H33N3O5. The summed E-state index contributed by atoms with van der Waals surface area (Å²) in [5.41, 5.74) is 4.00. The molecule has 186 valence electrons. The van der Waals surface area contributed by atoms with Crippen molar-refractivity contribution in [2.24, 2.45) is 0 Å². The Kier molecular flexibility index (Phi) is 7.51. The van der Waals surface area contributed by atoms with E-state index in [1.807, 2.05) is 36.4 Å². The zero-order valence-electron chi connectivity index (χ0n) is 20.2. The van der Waals surface area contributed by atoms with E-state index in [-0.39, 0.29) is 13.4 Å². The maximum atomic E-state index is 10.6. The van der Waals surface area contributed by atoms with Crippen LogP contribution in [0.2, 0.25) is 0 Å². The summed E-state index contributed by atoms with van der Waals surface area (Å²) in [5, 5.41) is 15.1. The van der Waals surface area contributed by atoms with Crippen LogP contribution in [0.15, 0.2) is 53.1 Å². The van der Waals surface area contributed by atoms with E-state index in [9.17, 15) is 5.11 Å². The summed E-state index contributed by atoms with van der Waals surface area (Å²) >= 11 is 0. The Balaban J connectivity index is 1.46. The largest absolute Gasteiger partial charge is 0.454 e. The van der Waals surface area contributed by atoms with E-state index in [2.05, 4.69) is 27.1 Å². The number of fused-ring (bicyclic) bond motifs is 1. The van der Waals surface area contributed by atoms with E-state index in [0.29, 0.717) is 19.6 Å². The van der Waals surface area contributed by atoms with Gasteiger partial charge in [-0.05, 0) is 37.0 Å². The van der Waals surface area contributed by atoms with Crippen molar-refractivity contribution in [1.29, 1.82) is 0 Å². The minimum absolute atomic E-state index is 0.245. The molecule has 1 atom stereocenters. The standard InChI is InChI=1S/C27H33N3O5/c1-32-18-22(31)16-29(15-20-10-11-24-25(14-20)34-19-33-24)17-23-26(21-8-4-2-5-9-21)28-35-27(23)30-12-6-3-7-13-30/h2,4-5,8-11,14,22,31H,3,6-7,12-13,15-19H2,1H3/t22-/m0/s1. The highest BCUT2D eigenvalue weighted by atomic mass is 16.7. The number of anilines is 1. The molecule has 0 amide bonds. The molecule has 2 aliphatic heterocycles. The van der Waals surface area contributed by atoms with Gasteiger partial charge in [-0.1, -0.05) is 41.6 Å². The van der Waals surface area contributed by atoms with Crippen LogP contribution in [0.5, 0.6) is 11.5 Å². The Morgan fingerprint density at radius 3 is 2.63 bits per heavy atom. The zero-order chi connectivity index (χ0) is 24.0. The van der Waals surface area contributed by atoms with Gasteiger partial charge < -0.3 is 28.7 Å². The topological polar surface area (TPSA) is 80.4 Å². The third kappa shape index (κ3) is 5.61. The lowest BCUT2D eigenvalue weighted by atomic mass is 10.0. The minimum atomic E-state index is -0.618. The molecule has 0 saturated carbocycles. The second-order valence-electron chi connectivity index (χ2n) is 9.20. The second kappa shape index (κ2) is 11.1. The molecule has 0 bridgehead atoms. The Bertz CT molecular complexity index is 1100. The fourth-order valence-electron chi connectivity index (χ4n) is 4.86. The zero-order valence-corrected chi connectivity index (χ0v) is 20.2. The quantitative estimate of drug-likeness (QED) is 0.466. The Hall–Kier alpha value is -3.07. The number of hydrogen-bond donors (Lipinski definition) is 1. The Labute approximate surface area is 206 Å². The van der Waals surface area contributed by atoms with Gasteiger partial charge in [0.15, 0.2) is 11.5 Å². The van der Waals surface area contributed by atoms with Crippen LogP contribution in [0.25, 0.3) is 11.3 Å². The molecule has 1 aromatic heterocycles. The van der Waals surface area contributed by atoms with Crippen molar-refractivity contribution in [3.05, 3.63) is 59.7 Å². The highest BCUT2D eigenvalue weighted by molar-refractivity contribution is 5.68. The molecule has 8 heteroatoms. The van der Waals surface area contributed by atoms with Gasteiger partial charge >= 0.3 is 0 Å². The second-order valence-corrected chi connectivity index (χ2v) is 9.20. The first-order valence-corrected chi connectivity index (χ1v) is 12.3. The lowest BCUT2D eigenvalue weighted by Gasteiger charge is -2.29. The average Bonchev–Trinajstić information content (AvgIpc) is 3.52. The first kappa shape index (κ1) is 23.7. The Morgan fingerprint density at radius 1 is 1.03 bits per heavy atom. The van der Waals surface area contributed by atoms with Gasteiger partial charge in [-0.15, -0.1) is 0 Å². The summed E-state index contributed by atoms with van der Waals surface area (Å²) in [6, 6.07) is 16.1. The first-order valence-electron chi connectivity index (χ1n) is 12.3. The molecular weight excluding hydrogens is 446 g/mol. The van der Waals surface area contributed by atoms with E-state index < -0.39 is 6.10 Å². The van der Waals surface area contributed by atoms with Crippen molar-refractivity contribution in [3.63, 3.8) is 0 Å². The van der Waals surface area contributed by atoms with E-state index in [1.165, 1.54) is 6.42 Å². The predicted octanol–water partition coefficient (Wildman–Crippen LogP) is 4.07. The molecule has 2 aliphatic rings. The predicted molar refractivity (Wildman–Crippen MR) is 133 cm³/mol. The third-order valence-electron chi connectivity index (χ3n) is 6.51. The summed E-state index contributed by atoms with van der Waals surface area (Å²) < 4.78 is 22.2. The fraction of sp³-hybridized carbons (Fsp3) is 0.444. The molecule has 1 saturated heterocycles. The number of aromatic nitrogens is 1. The SMILES string of the molecule is COC[C@@H](O)CN(Cc1ccc2c(c1)OCO2)Cc1c(-c2ccccc2)noc1N1CCCCC1. The van der Waals surface area contributed by atoms with Crippen molar-refractivity contribution in [1.82, 2.24) is 10.1 Å². The summed E-state index contributed by atoms with van der Waals surface area (Å²) in [4.78, 5) is 4.52. The summed E-state index contributed by atoms with van der Waals surface area (Å²) in [6.45, 7) is 4.09. The number of aliphatic hydroxyl groups excluding tert-OH is 1. The highest BCUT2D eigenvalue weighted by Crippen LogP contribution is 2.35. The number of piperidine rings is 1. The molecule has 1 fully saturated rings. The number of methoxy groups -OCH3 is 1. The number of benzene rings is 2. The number of hydrogen-bond acceptors (Lipinski definition) is 8. The van der Waals surface area contributed by atoms with E-state index in [1.54, 1.807) is 7.11 Å². The monoisotopic (exact) mass is 479 g/mol. The maximum Gasteiger partial charge on any atom is 0.232 e. The molecule has 0 unspecified atom stereocenters. The van der Waals surface area contributed by atoms with Crippen LogP contribution in [-0.2, 0) is 17.8 Å². The first-order chi connectivity index (χ1) is 17.2. The van der Waals surface area contributed by atoms with Gasteiger partial charge in [-0.25, -0.2) is 0 Å². The van der Waals surface area contributed by atoms with Crippen LogP contribution in [0.1, 0.15) is 30.4 Å². The number of ether oxygens (including phenoxy) is 3. The average molecular weight is 480 g/mol. The van der Waals surface area contributed by atoms with Crippen LogP contribution in [0, 0.1) is 0 Å². The fourth-order valence-corrected chi connectivity index (χ4v) is 4.86. The molecule has 1 N–H and O–H groups in total. The third-order valence-corrected chi connectivity index (χ3v) is 6.51.